The number of hydrogen-bond donors (Lipinski definition) is 0. The van der Waals surface area contributed by atoms with Crippen LogP contribution in [0.4, 0.5) is 0 Å². The normalized spacial score (nSPS) is 24.2. The summed E-state index contributed by atoms with van der Waals surface area (Å²) in [6, 6.07) is 21.2. The number of rotatable bonds is 3. The minimum absolute atomic E-state index is 0.0494. The van der Waals surface area contributed by atoms with Gasteiger partial charge in [0, 0.05) is 23.0 Å². The van der Waals surface area contributed by atoms with Crippen molar-refractivity contribution in [2.45, 2.75) is 162 Å². The Morgan fingerprint density at radius 1 is 0.660 bits per heavy atom. The Morgan fingerprint density at radius 2 is 1.30 bits per heavy atom. The SMILES string of the molecule is Cc1ccc2c(c1)C1=C(c3ccc4c(c3C1(C)C)-c1cc(C)c3c(C)cc(C)cc3[n+]1C41N(C3CCCCC3)C(C(C)C)=[N+]1C1CCCCC1)C2(C)C. The first-order valence-corrected chi connectivity index (χ1v) is 21.3. The first-order chi connectivity index (χ1) is 25.3. The number of benzene rings is 3. The van der Waals surface area contributed by atoms with E-state index in [4.69, 9.17) is 0 Å². The molecule has 1 unspecified atom stereocenters. The smallest absolute Gasteiger partial charge is 0.155 e. The van der Waals surface area contributed by atoms with Crippen LogP contribution in [0.15, 0.2) is 48.5 Å². The molecule has 53 heavy (non-hydrogen) atoms. The number of allylic oxidation sites excluding steroid dienone is 2. The molecule has 274 valence electrons. The summed E-state index contributed by atoms with van der Waals surface area (Å²) < 4.78 is 5.98. The van der Waals surface area contributed by atoms with Gasteiger partial charge in [0.1, 0.15) is 17.6 Å². The molecule has 2 fully saturated rings. The highest BCUT2D eigenvalue weighted by Crippen LogP contribution is 2.66. The Kier molecular flexibility index (Phi) is 7.13. The average Bonchev–Trinajstić information content (AvgIpc) is 3.64. The monoisotopic (exact) mass is 703 g/mol. The Labute approximate surface area is 318 Å². The van der Waals surface area contributed by atoms with Gasteiger partial charge in [0.15, 0.2) is 0 Å². The van der Waals surface area contributed by atoms with Gasteiger partial charge in [0.25, 0.3) is 5.84 Å². The third kappa shape index (κ3) is 4.13. The van der Waals surface area contributed by atoms with Gasteiger partial charge < -0.3 is 0 Å². The molecule has 4 aromatic rings. The molecule has 2 aliphatic heterocycles. The van der Waals surface area contributed by atoms with Gasteiger partial charge in [-0.25, -0.2) is 0 Å². The largest absolute Gasteiger partial charge is 0.479 e. The molecule has 6 aliphatic rings. The predicted octanol–water partition coefficient (Wildman–Crippen LogP) is 11.5. The van der Waals surface area contributed by atoms with Crippen LogP contribution in [-0.2, 0) is 16.6 Å². The van der Waals surface area contributed by atoms with Gasteiger partial charge in [0.2, 0.25) is 11.2 Å². The molecule has 10 rings (SSSR count). The summed E-state index contributed by atoms with van der Waals surface area (Å²) in [5.74, 6) is 1.71. The lowest BCUT2D eigenvalue weighted by Gasteiger charge is -2.50. The maximum atomic E-state index is 3.05. The summed E-state index contributed by atoms with van der Waals surface area (Å²) in [6.45, 7) is 24.4. The average molecular weight is 704 g/mol. The number of fused-ring (bicyclic) bond motifs is 12. The molecule has 1 atom stereocenters. The molecule has 0 amide bonds. The van der Waals surface area contributed by atoms with Crippen molar-refractivity contribution in [1.29, 1.82) is 0 Å². The first kappa shape index (κ1) is 33.8. The zero-order valence-corrected chi connectivity index (χ0v) is 34.3. The number of pyridine rings is 1. The lowest BCUT2D eigenvalue weighted by molar-refractivity contribution is -0.957. The fourth-order valence-corrected chi connectivity index (χ4v) is 13.1. The van der Waals surface area contributed by atoms with Gasteiger partial charge in [-0.1, -0.05) is 90.3 Å². The lowest BCUT2D eigenvalue weighted by Crippen LogP contribution is -2.84. The Hall–Kier alpha value is -3.72. The molecule has 4 aliphatic carbocycles. The number of aryl methyl sites for hydroxylation is 4. The second kappa shape index (κ2) is 11.2. The van der Waals surface area contributed by atoms with Crippen LogP contribution in [0.3, 0.4) is 0 Å². The van der Waals surface area contributed by atoms with Crippen molar-refractivity contribution < 1.29 is 9.14 Å². The van der Waals surface area contributed by atoms with Gasteiger partial charge in [0.05, 0.1) is 16.9 Å². The molecule has 3 aromatic carbocycles. The lowest BCUT2D eigenvalue weighted by atomic mass is 9.72. The number of nitrogens with zero attached hydrogens (tertiary/aromatic N) is 3. The van der Waals surface area contributed by atoms with Crippen LogP contribution < -0.4 is 4.57 Å². The van der Waals surface area contributed by atoms with E-state index in [1.807, 2.05) is 0 Å². The van der Waals surface area contributed by atoms with Crippen LogP contribution in [0.5, 0.6) is 0 Å². The number of hydrogen-bond acceptors (Lipinski definition) is 1. The molecule has 1 spiro atoms. The zero-order valence-electron chi connectivity index (χ0n) is 34.3. The highest BCUT2D eigenvalue weighted by atomic mass is 15.6. The summed E-state index contributed by atoms with van der Waals surface area (Å²) in [5, 5.41) is 1.44. The van der Waals surface area contributed by atoms with Crippen molar-refractivity contribution in [1.82, 2.24) is 4.90 Å². The molecule has 2 saturated carbocycles. The number of aromatic nitrogens is 1. The van der Waals surface area contributed by atoms with E-state index >= 15 is 0 Å². The second-order valence-corrected chi connectivity index (χ2v) is 19.5. The zero-order chi connectivity index (χ0) is 36.9. The molecule has 0 radical (unpaired) electrons. The quantitative estimate of drug-likeness (QED) is 0.193. The van der Waals surface area contributed by atoms with E-state index in [1.165, 1.54) is 125 Å². The Balaban J connectivity index is 1.36. The molecule has 1 aromatic heterocycles. The van der Waals surface area contributed by atoms with E-state index in [2.05, 4.69) is 132 Å². The molecule has 3 nitrogen and oxygen atoms in total. The van der Waals surface area contributed by atoms with Crippen LogP contribution in [0.2, 0.25) is 0 Å². The van der Waals surface area contributed by atoms with Gasteiger partial charge in [-0.05, 0) is 135 Å². The Morgan fingerprint density at radius 3 is 2.00 bits per heavy atom. The van der Waals surface area contributed by atoms with Gasteiger partial charge in [-0.15, -0.1) is 4.57 Å². The fourth-order valence-electron chi connectivity index (χ4n) is 13.1. The van der Waals surface area contributed by atoms with Crippen molar-refractivity contribution in [2.24, 2.45) is 5.92 Å². The molecule has 0 saturated heterocycles. The third-order valence-corrected chi connectivity index (χ3v) is 14.9. The summed E-state index contributed by atoms with van der Waals surface area (Å²) in [4.78, 5) is 3.05. The summed E-state index contributed by atoms with van der Waals surface area (Å²) in [7, 11) is 0. The third-order valence-electron chi connectivity index (χ3n) is 14.9. The van der Waals surface area contributed by atoms with Crippen LogP contribution in [0.1, 0.15) is 156 Å². The maximum Gasteiger partial charge on any atom is 0.479 e. The first-order valence-electron chi connectivity index (χ1n) is 21.3. The van der Waals surface area contributed by atoms with Crippen LogP contribution >= 0.6 is 0 Å². The summed E-state index contributed by atoms with van der Waals surface area (Å²) >= 11 is 0. The fraction of sp³-hybridized carbons (Fsp3) is 0.520. The Bertz CT molecular complexity index is 2330. The van der Waals surface area contributed by atoms with Crippen molar-refractivity contribution in [3.63, 3.8) is 0 Å². The van der Waals surface area contributed by atoms with E-state index in [0.29, 0.717) is 18.0 Å². The highest BCUT2D eigenvalue weighted by Gasteiger charge is 2.78. The van der Waals surface area contributed by atoms with Gasteiger partial charge >= 0.3 is 5.79 Å². The molecular weight excluding hydrogens is 643 g/mol. The molecule has 3 heterocycles. The van der Waals surface area contributed by atoms with Crippen molar-refractivity contribution >= 4 is 27.9 Å². The van der Waals surface area contributed by atoms with Crippen molar-refractivity contribution in [3.8, 4) is 11.3 Å². The van der Waals surface area contributed by atoms with Gasteiger partial charge in [-0.3, -0.25) is 0 Å². The summed E-state index contributed by atoms with van der Waals surface area (Å²) in [6.07, 6.45) is 13.3. The highest BCUT2D eigenvalue weighted by molar-refractivity contribution is 6.11. The molecule has 3 heteroatoms. The second-order valence-electron chi connectivity index (χ2n) is 19.5. The minimum atomic E-state index is -0.372. The molecule has 0 bridgehead atoms. The van der Waals surface area contributed by atoms with Crippen LogP contribution in [-0.4, -0.2) is 27.4 Å². The van der Waals surface area contributed by atoms with E-state index in [0.717, 1.165) is 0 Å². The van der Waals surface area contributed by atoms with E-state index in [1.54, 1.807) is 28.1 Å². The maximum absolute atomic E-state index is 3.05. The van der Waals surface area contributed by atoms with E-state index < -0.39 is 0 Å². The predicted molar refractivity (Wildman–Crippen MR) is 221 cm³/mol. The van der Waals surface area contributed by atoms with E-state index in [9.17, 15) is 0 Å². The van der Waals surface area contributed by atoms with Crippen LogP contribution in [0.25, 0.3) is 33.3 Å². The van der Waals surface area contributed by atoms with Gasteiger partial charge in [-0.2, -0.15) is 9.48 Å². The standard InChI is InChI=1S/C50H61N3/c1-29(2)47-51(34-17-13-11-14-18-34)50(52(47)35-19-15-12-16-20-35)39-24-22-36-44(43(39)41-28-33(6)42-32(5)25-31(4)27-40(42)53(41)50)49(9,10)46-37-26-30(3)21-23-38(37)48(7,8)45(36)46/h21-29,34-35H,11-20H2,1-10H3/q+2. The topological polar surface area (TPSA) is 10.1 Å². The number of amidine groups is 1. The van der Waals surface area contributed by atoms with Crippen molar-refractivity contribution in [3.05, 3.63) is 98.6 Å². The molecule has 0 N–H and O–H groups in total. The molecular formula is C50H61N3+2. The minimum Gasteiger partial charge on any atom is -0.155 e. The van der Waals surface area contributed by atoms with Crippen LogP contribution in [0, 0.1) is 33.6 Å². The summed E-state index contributed by atoms with van der Waals surface area (Å²) in [5.41, 5.74) is 20.4. The van der Waals surface area contributed by atoms with Crippen molar-refractivity contribution in [2.75, 3.05) is 0 Å². The van der Waals surface area contributed by atoms with E-state index in [-0.39, 0.29) is 16.6 Å².